The molecule has 0 atom stereocenters. The van der Waals surface area contributed by atoms with Gasteiger partial charge in [-0.25, -0.2) is 4.98 Å². The monoisotopic (exact) mass is 280 g/mol. The number of benzene rings is 1. The summed E-state index contributed by atoms with van der Waals surface area (Å²) >= 11 is 3.41. The van der Waals surface area contributed by atoms with Crippen molar-refractivity contribution in [3.8, 4) is 17.0 Å². The number of halogens is 1. The van der Waals surface area contributed by atoms with Crippen LogP contribution in [0.15, 0.2) is 35.2 Å². The van der Waals surface area contributed by atoms with Gasteiger partial charge in [-0.3, -0.25) is 0 Å². The lowest BCUT2D eigenvalue weighted by Crippen LogP contribution is -2.05. The molecular weight excluding hydrogens is 268 g/mol. The Balaban J connectivity index is 2.23. The molecule has 1 aromatic carbocycles. The van der Waals surface area contributed by atoms with Crippen molar-refractivity contribution in [3.05, 3.63) is 35.2 Å². The van der Waals surface area contributed by atoms with Gasteiger partial charge in [0.15, 0.2) is 0 Å². The van der Waals surface area contributed by atoms with E-state index in [1.54, 1.807) is 6.33 Å². The molecule has 0 aliphatic heterocycles. The van der Waals surface area contributed by atoms with Crippen LogP contribution < -0.4 is 4.74 Å². The molecule has 0 saturated heterocycles. The zero-order valence-electron chi connectivity index (χ0n) is 9.20. The van der Waals surface area contributed by atoms with E-state index >= 15 is 0 Å². The van der Waals surface area contributed by atoms with Gasteiger partial charge in [0.05, 0.1) is 12.4 Å². The summed E-state index contributed by atoms with van der Waals surface area (Å²) in [6.45, 7) is 4.02. The molecule has 0 saturated carbocycles. The van der Waals surface area contributed by atoms with Crippen LogP contribution in [0.25, 0.3) is 11.3 Å². The number of H-pyrrole nitrogens is 1. The number of ether oxygens (including phenoxy) is 1. The standard InChI is InChI=1S/C12H13BrN2O/c1-8(2)16-10-5-3-9(4-6-10)11-12(13)15-7-14-11/h3-8H,1-2H3,(H,14,15). The first-order chi connectivity index (χ1) is 7.66. The molecule has 84 valence electrons. The van der Waals surface area contributed by atoms with Gasteiger partial charge < -0.3 is 9.72 Å². The summed E-state index contributed by atoms with van der Waals surface area (Å²) in [6, 6.07) is 7.91. The lowest BCUT2D eigenvalue weighted by atomic mass is 10.1. The zero-order valence-corrected chi connectivity index (χ0v) is 10.8. The predicted octanol–water partition coefficient (Wildman–Crippen LogP) is 3.63. The Hall–Kier alpha value is -1.29. The molecule has 3 nitrogen and oxygen atoms in total. The molecule has 0 amide bonds. The maximum atomic E-state index is 5.58. The fourth-order valence-electron chi connectivity index (χ4n) is 1.44. The van der Waals surface area contributed by atoms with Crippen LogP contribution in [0.3, 0.4) is 0 Å². The number of hydrogen-bond acceptors (Lipinski definition) is 2. The second-order valence-electron chi connectivity index (χ2n) is 3.76. The normalized spacial score (nSPS) is 10.8. The van der Waals surface area contributed by atoms with Gasteiger partial charge in [0.1, 0.15) is 16.0 Å². The minimum Gasteiger partial charge on any atom is -0.491 e. The Morgan fingerprint density at radius 1 is 1.25 bits per heavy atom. The molecule has 2 rings (SSSR count). The molecule has 0 bridgehead atoms. The molecule has 16 heavy (non-hydrogen) atoms. The van der Waals surface area contributed by atoms with Crippen LogP contribution in [0.2, 0.25) is 0 Å². The van der Waals surface area contributed by atoms with Crippen LogP contribution >= 0.6 is 15.9 Å². The van der Waals surface area contributed by atoms with Gasteiger partial charge in [-0.15, -0.1) is 0 Å². The smallest absolute Gasteiger partial charge is 0.119 e. The lowest BCUT2D eigenvalue weighted by Gasteiger charge is -2.09. The molecule has 0 aliphatic carbocycles. The van der Waals surface area contributed by atoms with E-state index in [4.69, 9.17) is 4.74 Å². The fourth-order valence-corrected chi connectivity index (χ4v) is 1.88. The second kappa shape index (κ2) is 4.70. The average molecular weight is 281 g/mol. The van der Waals surface area contributed by atoms with Gasteiger partial charge in [-0.2, -0.15) is 0 Å². The molecule has 0 radical (unpaired) electrons. The summed E-state index contributed by atoms with van der Waals surface area (Å²) < 4.78 is 6.47. The third-order valence-electron chi connectivity index (χ3n) is 2.09. The molecule has 0 unspecified atom stereocenters. The van der Waals surface area contributed by atoms with Crippen molar-refractivity contribution in [2.75, 3.05) is 0 Å². The Labute approximate surface area is 103 Å². The van der Waals surface area contributed by atoms with E-state index in [9.17, 15) is 0 Å². The second-order valence-corrected chi connectivity index (χ2v) is 4.55. The molecule has 1 N–H and O–H groups in total. The van der Waals surface area contributed by atoms with Crippen LogP contribution in [0.1, 0.15) is 13.8 Å². The lowest BCUT2D eigenvalue weighted by molar-refractivity contribution is 0.242. The van der Waals surface area contributed by atoms with Crippen LogP contribution in [0.5, 0.6) is 5.75 Å². The highest BCUT2D eigenvalue weighted by Crippen LogP contribution is 2.26. The van der Waals surface area contributed by atoms with Crippen molar-refractivity contribution in [2.24, 2.45) is 0 Å². The van der Waals surface area contributed by atoms with E-state index in [0.29, 0.717) is 0 Å². The first kappa shape index (κ1) is 11.2. The van der Waals surface area contributed by atoms with Crippen molar-refractivity contribution in [3.63, 3.8) is 0 Å². The van der Waals surface area contributed by atoms with E-state index in [1.807, 2.05) is 38.1 Å². The number of aromatic amines is 1. The highest BCUT2D eigenvalue weighted by atomic mass is 79.9. The summed E-state index contributed by atoms with van der Waals surface area (Å²) in [5, 5.41) is 0. The maximum absolute atomic E-state index is 5.58. The number of hydrogen-bond donors (Lipinski definition) is 1. The fraction of sp³-hybridized carbons (Fsp3) is 0.250. The molecule has 0 fully saturated rings. The van der Waals surface area contributed by atoms with Gasteiger partial charge in [0.2, 0.25) is 0 Å². The Bertz CT molecular complexity index is 462. The van der Waals surface area contributed by atoms with Gasteiger partial charge in [-0.05, 0) is 54.0 Å². The van der Waals surface area contributed by atoms with Crippen molar-refractivity contribution in [1.82, 2.24) is 9.97 Å². The van der Waals surface area contributed by atoms with Gasteiger partial charge >= 0.3 is 0 Å². The Morgan fingerprint density at radius 3 is 2.44 bits per heavy atom. The van der Waals surface area contributed by atoms with E-state index in [1.165, 1.54) is 0 Å². The van der Waals surface area contributed by atoms with Gasteiger partial charge in [0.25, 0.3) is 0 Å². The van der Waals surface area contributed by atoms with Gasteiger partial charge in [0, 0.05) is 5.56 Å². The summed E-state index contributed by atoms with van der Waals surface area (Å²) in [4.78, 5) is 7.22. The van der Waals surface area contributed by atoms with E-state index in [2.05, 4.69) is 25.9 Å². The highest BCUT2D eigenvalue weighted by molar-refractivity contribution is 9.10. The molecule has 0 spiro atoms. The minimum absolute atomic E-state index is 0.197. The third-order valence-corrected chi connectivity index (χ3v) is 2.70. The summed E-state index contributed by atoms with van der Waals surface area (Å²) in [7, 11) is 0. The summed E-state index contributed by atoms with van der Waals surface area (Å²) in [5.41, 5.74) is 1.97. The van der Waals surface area contributed by atoms with Crippen LogP contribution in [-0.2, 0) is 0 Å². The number of imidazole rings is 1. The van der Waals surface area contributed by atoms with E-state index < -0.39 is 0 Å². The first-order valence-corrected chi connectivity index (χ1v) is 5.92. The quantitative estimate of drug-likeness (QED) is 0.933. The van der Waals surface area contributed by atoms with Crippen LogP contribution in [0.4, 0.5) is 0 Å². The van der Waals surface area contributed by atoms with Crippen molar-refractivity contribution < 1.29 is 4.74 Å². The Morgan fingerprint density at radius 2 is 1.94 bits per heavy atom. The van der Waals surface area contributed by atoms with Crippen molar-refractivity contribution in [2.45, 2.75) is 20.0 Å². The molecule has 2 aromatic rings. The molecule has 4 heteroatoms. The van der Waals surface area contributed by atoms with Crippen molar-refractivity contribution >= 4 is 15.9 Å². The molecule has 0 aliphatic rings. The van der Waals surface area contributed by atoms with Crippen molar-refractivity contribution in [1.29, 1.82) is 0 Å². The largest absolute Gasteiger partial charge is 0.491 e. The number of rotatable bonds is 3. The number of nitrogens with zero attached hydrogens (tertiary/aromatic N) is 1. The summed E-state index contributed by atoms with van der Waals surface area (Å²) in [5.74, 6) is 0.880. The number of aromatic nitrogens is 2. The van der Waals surface area contributed by atoms with Crippen LogP contribution in [0, 0.1) is 0 Å². The predicted molar refractivity (Wildman–Crippen MR) is 67.5 cm³/mol. The zero-order chi connectivity index (χ0) is 11.5. The average Bonchev–Trinajstić information content (AvgIpc) is 2.65. The summed E-state index contributed by atoms with van der Waals surface area (Å²) in [6.07, 6.45) is 1.86. The van der Waals surface area contributed by atoms with Crippen LogP contribution in [-0.4, -0.2) is 16.1 Å². The molecule has 1 aromatic heterocycles. The SMILES string of the molecule is CC(C)Oc1ccc(-c2nc[nH]c2Br)cc1. The van der Waals surface area contributed by atoms with E-state index in [0.717, 1.165) is 21.6 Å². The third kappa shape index (κ3) is 2.44. The van der Waals surface area contributed by atoms with E-state index in [-0.39, 0.29) is 6.10 Å². The molecule has 1 heterocycles. The topological polar surface area (TPSA) is 37.9 Å². The first-order valence-electron chi connectivity index (χ1n) is 5.13. The maximum Gasteiger partial charge on any atom is 0.119 e. The molecular formula is C12H13BrN2O. The minimum atomic E-state index is 0.197. The number of nitrogens with one attached hydrogen (secondary N) is 1. The Kier molecular flexibility index (Phi) is 3.29. The highest BCUT2D eigenvalue weighted by Gasteiger charge is 2.05. The van der Waals surface area contributed by atoms with Gasteiger partial charge in [-0.1, -0.05) is 0 Å².